The molecular weight excluding hydrogens is 1070 g/mol. The molecule has 1 rings (SSSR count). The van der Waals surface area contributed by atoms with Crippen LogP contribution in [-0.4, -0.2) is 191 Å². The van der Waals surface area contributed by atoms with E-state index in [1.807, 2.05) is 33.0 Å². The number of amides is 8. The maximum Gasteiger partial charge on any atom is 0.413 e. The highest BCUT2D eigenvalue weighted by Crippen LogP contribution is 2.21. The minimum atomic E-state index is -0.946. The molecular formula is C53H90N6O22. The molecule has 0 aromatic carbocycles. The Balaban J connectivity index is -0.000000460. The fraction of sp³-hybridized carbons (Fsp3) is 0.717. The van der Waals surface area contributed by atoms with Crippen molar-refractivity contribution in [1.29, 1.82) is 0 Å². The summed E-state index contributed by atoms with van der Waals surface area (Å²) in [5.74, 6) is -5.11. The van der Waals surface area contributed by atoms with Crippen molar-refractivity contribution in [1.82, 2.24) is 31.7 Å². The summed E-state index contributed by atoms with van der Waals surface area (Å²) >= 11 is 0. The summed E-state index contributed by atoms with van der Waals surface area (Å²) in [6, 6.07) is -0.592. The SMILES string of the molecule is CC(C)C(=O)CCCCC(=O)CO.CC(C)C(=O)CCCOCCNC(=O)CO.CC(C)C(=O)CCOC(=O)NC(=O)CCC(=O)CO.CC(C)C(=O)CNC(=O)NCC(=O)CO.CC(C)C(=O)NN1C(=O)CC(CC(=O)CO)C1=O. The minimum absolute atomic E-state index is 0.0346. The number of ether oxygens (including phenoxy) is 2. The Morgan fingerprint density at radius 3 is 1.47 bits per heavy atom. The van der Waals surface area contributed by atoms with Gasteiger partial charge in [0.1, 0.15) is 57.0 Å². The fourth-order valence-corrected chi connectivity index (χ4v) is 5.34. The molecule has 0 aromatic heterocycles. The van der Waals surface area contributed by atoms with Crippen LogP contribution >= 0.6 is 0 Å². The van der Waals surface area contributed by atoms with Crippen LogP contribution in [0, 0.1) is 35.5 Å². The lowest BCUT2D eigenvalue weighted by Gasteiger charge is -2.17. The quantitative estimate of drug-likeness (QED) is 0.0288. The number of aliphatic hydroxyl groups excluding tert-OH is 5. The minimum Gasteiger partial charge on any atom is -0.449 e. The molecule has 464 valence electrons. The lowest BCUT2D eigenvalue weighted by Crippen LogP contribution is -2.47. The van der Waals surface area contributed by atoms with E-state index in [0.29, 0.717) is 56.9 Å². The van der Waals surface area contributed by atoms with Crippen molar-refractivity contribution in [2.45, 2.75) is 140 Å². The zero-order valence-electron chi connectivity index (χ0n) is 48.6. The van der Waals surface area contributed by atoms with E-state index in [4.69, 9.17) is 30.3 Å². The van der Waals surface area contributed by atoms with E-state index in [2.05, 4.69) is 26.1 Å². The molecule has 0 radical (unpaired) electrons. The average molecular weight is 1160 g/mol. The third-order valence-electron chi connectivity index (χ3n) is 10.6. The van der Waals surface area contributed by atoms with Gasteiger partial charge < -0.3 is 51.0 Å². The first-order valence-corrected chi connectivity index (χ1v) is 26.6. The third-order valence-corrected chi connectivity index (χ3v) is 10.6. The van der Waals surface area contributed by atoms with Gasteiger partial charge in [0.2, 0.25) is 23.6 Å². The number of hydrogen-bond donors (Lipinski definition) is 10. The number of rotatable bonds is 35. The lowest BCUT2D eigenvalue weighted by molar-refractivity contribution is -0.150. The smallest absolute Gasteiger partial charge is 0.413 e. The number of aliphatic hydroxyl groups is 5. The van der Waals surface area contributed by atoms with E-state index in [1.165, 1.54) is 0 Å². The second-order valence-corrected chi connectivity index (χ2v) is 19.5. The average Bonchev–Trinajstić information content (AvgIpc) is 3.68. The Hall–Kier alpha value is -6.59. The topological polar surface area (TPSA) is 439 Å². The van der Waals surface area contributed by atoms with Gasteiger partial charge in [-0.2, -0.15) is 5.01 Å². The Morgan fingerprint density at radius 2 is 0.975 bits per heavy atom. The summed E-state index contributed by atoms with van der Waals surface area (Å²) in [5.41, 5.74) is 2.22. The van der Waals surface area contributed by atoms with Crippen molar-refractivity contribution in [3.8, 4) is 0 Å². The summed E-state index contributed by atoms with van der Waals surface area (Å²) in [4.78, 5) is 166. The second kappa shape index (κ2) is 49.2. The summed E-state index contributed by atoms with van der Waals surface area (Å²) in [6.07, 6.45) is 2.17. The summed E-state index contributed by atoms with van der Waals surface area (Å²) in [6.45, 7) is 15.9. The van der Waals surface area contributed by atoms with E-state index < -0.39 is 91.4 Å². The molecule has 28 heteroatoms. The number of nitrogens with one attached hydrogen (secondary N) is 5. The van der Waals surface area contributed by atoms with Crippen molar-refractivity contribution in [3.63, 3.8) is 0 Å². The van der Waals surface area contributed by atoms with Gasteiger partial charge in [-0.1, -0.05) is 69.2 Å². The molecule has 1 aliphatic heterocycles. The number of alkyl carbamates (subject to hydrolysis) is 1. The second-order valence-electron chi connectivity index (χ2n) is 19.5. The molecule has 1 unspecified atom stereocenters. The Labute approximate surface area is 473 Å². The van der Waals surface area contributed by atoms with Gasteiger partial charge in [0.05, 0.1) is 25.6 Å². The van der Waals surface area contributed by atoms with Crippen LogP contribution in [0.1, 0.15) is 140 Å². The van der Waals surface area contributed by atoms with E-state index >= 15 is 0 Å². The number of unbranched alkanes of at least 4 members (excludes halogenated alkanes) is 1. The van der Waals surface area contributed by atoms with Crippen LogP contribution in [-0.2, 0) is 71.8 Å². The number of carbonyl (C=O) groups is 15. The number of urea groups is 1. The Morgan fingerprint density at radius 1 is 0.494 bits per heavy atom. The molecule has 0 bridgehead atoms. The summed E-state index contributed by atoms with van der Waals surface area (Å²) in [5, 5.41) is 51.8. The molecule has 10 N–H and O–H groups in total. The fourth-order valence-electron chi connectivity index (χ4n) is 5.34. The predicted molar refractivity (Wildman–Crippen MR) is 289 cm³/mol. The van der Waals surface area contributed by atoms with Gasteiger partial charge in [-0.25, -0.2) is 9.59 Å². The lowest BCUT2D eigenvalue weighted by atomic mass is 10.0. The van der Waals surface area contributed by atoms with Crippen molar-refractivity contribution >= 4 is 87.9 Å². The zero-order chi connectivity index (χ0) is 63.2. The Kier molecular flexibility index (Phi) is 49.2. The van der Waals surface area contributed by atoms with E-state index in [9.17, 15) is 71.9 Å². The number of hydrazine groups is 1. The Bertz CT molecular complexity index is 2020. The molecule has 8 amide bonds. The number of imide groups is 2. The van der Waals surface area contributed by atoms with Gasteiger partial charge in [0, 0.05) is 94.1 Å². The molecule has 1 atom stereocenters. The highest BCUT2D eigenvalue weighted by molar-refractivity contribution is 6.06. The van der Waals surface area contributed by atoms with E-state index in [0.717, 1.165) is 6.42 Å². The number of nitrogens with zero attached hydrogens (tertiary/aromatic N) is 1. The van der Waals surface area contributed by atoms with Crippen LogP contribution in [0.15, 0.2) is 0 Å². The maximum absolute atomic E-state index is 11.8. The zero-order valence-corrected chi connectivity index (χ0v) is 48.6. The number of ketones is 8. The first kappa shape index (κ1) is 80.9. The highest BCUT2D eigenvalue weighted by Gasteiger charge is 2.40. The van der Waals surface area contributed by atoms with Crippen LogP contribution < -0.4 is 26.7 Å². The monoisotopic (exact) mass is 1160 g/mol. The molecule has 0 spiro atoms. The largest absolute Gasteiger partial charge is 0.449 e. The molecule has 1 aliphatic rings. The molecule has 1 heterocycles. The predicted octanol–water partition coefficient (Wildman–Crippen LogP) is -0.282. The number of carbonyl (C=O) groups excluding carboxylic acids is 15. The first-order chi connectivity index (χ1) is 37.8. The van der Waals surface area contributed by atoms with E-state index in [1.54, 1.807) is 41.5 Å². The molecule has 1 saturated heterocycles. The van der Waals surface area contributed by atoms with Crippen molar-refractivity contribution in [2.75, 3.05) is 72.5 Å². The van der Waals surface area contributed by atoms with Crippen molar-refractivity contribution < 1.29 is 107 Å². The standard InChI is InChI=1S/C12H19NO6.C11H16N2O5.C11H21NO4.C10H18O3.C9H16N2O4/c1-8(2)10(16)5-6-19-12(18)13-11(17)4-3-9(15)7-14;1-6(2)10(17)12-13-9(16)4-7(11(13)18)3-8(15)5-14;1-9(2)10(14)4-3-6-16-7-5-12-11(15)8-13;1-8(2)10(13)6-4-3-5-9(12)7-11;1-6(2)8(14)4-11-9(15)10-3-7(13)5-12/h8,14H,3-7H2,1-2H3,(H,13,17,18);6-7,14H,3-5H2,1-2H3,(H,12,17);9,13H,3-8H2,1-2H3,(H,12,15);8,11H,3-7H2,1-2H3;6,12H,3-5H2,1-2H3,(H2,10,11,15). The van der Waals surface area contributed by atoms with Crippen LogP contribution in [0.3, 0.4) is 0 Å². The molecule has 81 heavy (non-hydrogen) atoms. The number of hydrogen-bond acceptors (Lipinski definition) is 22. The molecule has 0 saturated carbocycles. The molecule has 28 nitrogen and oxygen atoms in total. The van der Waals surface area contributed by atoms with Gasteiger partial charge in [-0.3, -0.25) is 73.1 Å². The van der Waals surface area contributed by atoms with Gasteiger partial charge in [-0.15, -0.1) is 0 Å². The molecule has 0 aliphatic carbocycles. The van der Waals surface area contributed by atoms with Gasteiger partial charge in [0.25, 0.3) is 5.91 Å². The van der Waals surface area contributed by atoms with E-state index in [-0.39, 0.29) is 117 Å². The van der Waals surface area contributed by atoms with Crippen LogP contribution in [0.2, 0.25) is 0 Å². The van der Waals surface area contributed by atoms with Gasteiger partial charge >= 0.3 is 12.1 Å². The third kappa shape index (κ3) is 46.8. The molecule has 0 aromatic rings. The molecule has 1 fully saturated rings. The van der Waals surface area contributed by atoms with Crippen LogP contribution in [0.4, 0.5) is 9.59 Å². The first-order valence-electron chi connectivity index (χ1n) is 26.6. The van der Waals surface area contributed by atoms with Crippen molar-refractivity contribution in [3.05, 3.63) is 0 Å². The van der Waals surface area contributed by atoms with Gasteiger partial charge in [-0.05, 0) is 19.3 Å². The normalized spacial score (nSPS) is 12.3. The van der Waals surface area contributed by atoms with Crippen LogP contribution in [0.25, 0.3) is 0 Å². The van der Waals surface area contributed by atoms with Gasteiger partial charge in [0.15, 0.2) is 28.9 Å². The van der Waals surface area contributed by atoms with Crippen LogP contribution in [0.5, 0.6) is 0 Å². The maximum atomic E-state index is 11.8. The van der Waals surface area contributed by atoms with Crippen molar-refractivity contribution in [2.24, 2.45) is 35.5 Å². The highest BCUT2D eigenvalue weighted by atomic mass is 16.5. The summed E-state index contributed by atoms with van der Waals surface area (Å²) in [7, 11) is 0. The summed E-state index contributed by atoms with van der Waals surface area (Å²) < 4.78 is 9.85. The number of Topliss-reactive ketones (excluding diaryl/α,β-unsaturated/α-hetero) is 8.